The molecular formula is C22H25N5O. The normalized spacial score (nSPS) is 20.9. The fourth-order valence-electron chi connectivity index (χ4n) is 4.54. The SMILES string of the molecule is Cc1cc(N2CCN(CC3CCCO3)CC2)n2c(nc3ccccc32)c1C#N. The molecule has 1 atom stereocenters. The molecule has 0 N–H and O–H groups in total. The van der Waals surface area contributed by atoms with E-state index in [1.165, 1.54) is 12.8 Å². The Hall–Kier alpha value is -2.62. The fourth-order valence-corrected chi connectivity index (χ4v) is 4.54. The fraction of sp³-hybridized carbons (Fsp3) is 0.455. The predicted octanol–water partition coefficient (Wildman–Crippen LogP) is 2.97. The Kier molecular flexibility index (Phi) is 4.42. The topological polar surface area (TPSA) is 56.8 Å². The van der Waals surface area contributed by atoms with Gasteiger partial charge in [0.2, 0.25) is 0 Å². The van der Waals surface area contributed by atoms with Crippen molar-refractivity contribution >= 4 is 22.5 Å². The van der Waals surface area contributed by atoms with Crippen molar-refractivity contribution in [1.82, 2.24) is 14.3 Å². The van der Waals surface area contributed by atoms with Crippen LogP contribution in [0.5, 0.6) is 0 Å². The van der Waals surface area contributed by atoms with Crippen LogP contribution in [0.3, 0.4) is 0 Å². The molecule has 2 aliphatic rings. The number of pyridine rings is 1. The molecule has 2 aromatic heterocycles. The molecule has 1 unspecified atom stereocenters. The lowest BCUT2D eigenvalue weighted by Crippen LogP contribution is -2.49. The third-order valence-electron chi connectivity index (χ3n) is 6.05. The van der Waals surface area contributed by atoms with Gasteiger partial charge < -0.3 is 9.64 Å². The van der Waals surface area contributed by atoms with Gasteiger partial charge in [0.05, 0.1) is 22.7 Å². The Morgan fingerprint density at radius 3 is 2.79 bits per heavy atom. The molecule has 0 amide bonds. The van der Waals surface area contributed by atoms with Gasteiger partial charge in [-0.1, -0.05) is 12.1 Å². The maximum absolute atomic E-state index is 9.68. The van der Waals surface area contributed by atoms with Crippen molar-refractivity contribution < 1.29 is 4.74 Å². The zero-order valence-corrected chi connectivity index (χ0v) is 16.3. The quantitative estimate of drug-likeness (QED) is 0.704. The first-order chi connectivity index (χ1) is 13.7. The number of para-hydroxylation sites is 2. The van der Waals surface area contributed by atoms with E-state index in [9.17, 15) is 5.26 Å². The first-order valence-corrected chi connectivity index (χ1v) is 10.1. The van der Waals surface area contributed by atoms with E-state index in [2.05, 4.69) is 32.4 Å². The van der Waals surface area contributed by atoms with Gasteiger partial charge in [-0.05, 0) is 43.5 Å². The molecule has 2 fully saturated rings. The van der Waals surface area contributed by atoms with E-state index < -0.39 is 0 Å². The molecule has 1 aromatic carbocycles. The summed E-state index contributed by atoms with van der Waals surface area (Å²) in [7, 11) is 0. The minimum atomic E-state index is 0.410. The number of hydrogen-bond acceptors (Lipinski definition) is 5. The summed E-state index contributed by atoms with van der Waals surface area (Å²) in [4.78, 5) is 9.72. The lowest BCUT2D eigenvalue weighted by molar-refractivity contribution is 0.0712. The Balaban J connectivity index is 1.48. The summed E-state index contributed by atoms with van der Waals surface area (Å²) in [5, 5.41) is 9.68. The van der Waals surface area contributed by atoms with Crippen LogP contribution >= 0.6 is 0 Å². The second-order valence-corrected chi connectivity index (χ2v) is 7.85. The third kappa shape index (κ3) is 2.92. The van der Waals surface area contributed by atoms with Crippen LogP contribution in [0.4, 0.5) is 5.82 Å². The molecule has 4 heterocycles. The Bertz CT molecular complexity index is 1050. The average molecular weight is 375 g/mol. The number of anilines is 1. The van der Waals surface area contributed by atoms with E-state index >= 15 is 0 Å². The zero-order chi connectivity index (χ0) is 19.1. The van der Waals surface area contributed by atoms with E-state index in [0.29, 0.717) is 11.7 Å². The minimum Gasteiger partial charge on any atom is -0.377 e. The number of nitriles is 1. The van der Waals surface area contributed by atoms with Crippen LogP contribution in [0.25, 0.3) is 16.7 Å². The van der Waals surface area contributed by atoms with Gasteiger partial charge in [-0.25, -0.2) is 4.98 Å². The number of aromatic nitrogens is 2. The van der Waals surface area contributed by atoms with Crippen molar-refractivity contribution in [3.63, 3.8) is 0 Å². The lowest BCUT2D eigenvalue weighted by Gasteiger charge is -2.37. The molecule has 5 rings (SSSR count). The second kappa shape index (κ2) is 7.08. The van der Waals surface area contributed by atoms with E-state index in [-0.39, 0.29) is 0 Å². The molecule has 0 aliphatic carbocycles. The van der Waals surface area contributed by atoms with Gasteiger partial charge in [0.15, 0.2) is 5.65 Å². The zero-order valence-electron chi connectivity index (χ0n) is 16.3. The summed E-state index contributed by atoms with van der Waals surface area (Å²) in [6, 6.07) is 12.6. The molecule has 3 aromatic rings. The van der Waals surface area contributed by atoms with Gasteiger partial charge in [-0.2, -0.15) is 5.26 Å². The molecule has 0 saturated carbocycles. The van der Waals surface area contributed by atoms with Gasteiger partial charge in [0.1, 0.15) is 11.9 Å². The van der Waals surface area contributed by atoms with Crippen LogP contribution < -0.4 is 4.90 Å². The Morgan fingerprint density at radius 2 is 2.04 bits per heavy atom. The summed E-state index contributed by atoms with van der Waals surface area (Å²) in [6.07, 6.45) is 2.80. The first-order valence-electron chi connectivity index (χ1n) is 10.1. The Labute approximate surface area is 164 Å². The number of fused-ring (bicyclic) bond motifs is 3. The van der Waals surface area contributed by atoms with Crippen molar-refractivity contribution in [3.8, 4) is 6.07 Å². The van der Waals surface area contributed by atoms with Gasteiger partial charge in [-0.3, -0.25) is 9.30 Å². The van der Waals surface area contributed by atoms with Crippen LogP contribution in [0.1, 0.15) is 24.0 Å². The maximum atomic E-state index is 9.68. The lowest BCUT2D eigenvalue weighted by atomic mass is 10.1. The van der Waals surface area contributed by atoms with Crippen molar-refractivity contribution in [3.05, 3.63) is 41.5 Å². The number of piperazine rings is 1. The van der Waals surface area contributed by atoms with Crippen molar-refractivity contribution in [2.45, 2.75) is 25.9 Å². The molecule has 2 aliphatic heterocycles. The summed E-state index contributed by atoms with van der Waals surface area (Å²) in [5.41, 5.74) is 4.41. The van der Waals surface area contributed by atoms with Crippen LogP contribution in [-0.4, -0.2) is 59.7 Å². The van der Waals surface area contributed by atoms with Gasteiger partial charge in [-0.15, -0.1) is 0 Å². The smallest absolute Gasteiger partial charge is 0.157 e. The number of imidazole rings is 1. The van der Waals surface area contributed by atoms with Crippen molar-refractivity contribution in [2.24, 2.45) is 0 Å². The molecule has 6 heteroatoms. The Morgan fingerprint density at radius 1 is 1.21 bits per heavy atom. The largest absolute Gasteiger partial charge is 0.377 e. The van der Waals surface area contributed by atoms with Crippen molar-refractivity contribution in [1.29, 1.82) is 5.26 Å². The van der Waals surface area contributed by atoms with Gasteiger partial charge in [0.25, 0.3) is 0 Å². The number of nitrogens with zero attached hydrogens (tertiary/aromatic N) is 5. The molecule has 28 heavy (non-hydrogen) atoms. The van der Waals surface area contributed by atoms with E-state index in [1.807, 2.05) is 25.1 Å². The van der Waals surface area contributed by atoms with Crippen LogP contribution in [0.2, 0.25) is 0 Å². The van der Waals surface area contributed by atoms with E-state index in [4.69, 9.17) is 9.72 Å². The molecule has 2 saturated heterocycles. The minimum absolute atomic E-state index is 0.410. The summed E-state index contributed by atoms with van der Waals surface area (Å²) >= 11 is 0. The van der Waals surface area contributed by atoms with Crippen LogP contribution in [0, 0.1) is 18.3 Å². The number of rotatable bonds is 3. The molecule has 144 valence electrons. The second-order valence-electron chi connectivity index (χ2n) is 7.85. The van der Waals surface area contributed by atoms with Gasteiger partial charge >= 0.3 is 0 Å². The average Bonchev–Trinajstić information content (AvgIpc) is 3.35. The number of hydrogen-bond donors (Lipinski definition) is 0. The first kappa shape index (κ1) is 17.5. The highest BCUT2D eigenvalue weighted by molar-refractivity contribution is 5.85. The number of benzene rings is 1. The summed E-state index contributed by atoms with van der Waals surface area (Å²) in [6.45, 7) is 7.99. The number of aryl methyl sites for hydroxylation is 1. The highest BCUT2D eigenvalue weighted by atomic mass is 16.5. The van der Waals surface area contributed by atoms with Crippen LogP contribution in [-0.2, 0) is 4.74 Å². The van der Waals surface area contributed by atoms with E-state index in [0.717, 1.165) is 67.4 Å². The predicted molar refractivity (Wildman–Crippen MR) is 110 cm³/mol. The van der Waals surface area contributed by atoms with Crippen LogP contribution in [0.15, 0.2) is 30.3 Å². The monoisotopic (exact) mass is 375 g/mol. The molecule has 0 spiro atoms. The van der Waals surface area contributed by atoms with Crippen molar-refractivity contribution in [2.75, 3.05) is 44.2 Å². The van der Waals surface area contributed by atoms with Gasteiger partial charge in [0, 0.05) is 39.3 Å². The number of ether oxygens (including phenoxy) is 1. The molecular weight excluding hydrogens is 350 g/mol. The summed E-state index contributed by atoms with van der Waals surface area (Å²) in [5.74, 6) is 1.14. The molecule has 0 bridgehead atoms. The third-order valence-corrected chi connectivity index (χ3v) is 6.05. The molecule has 6 nitrogen and oxygen atoms in total. The highest BCUT2D eigenvalue weighted by Gasteiger charge is 2.25. The molecule has 0 radical (unpaired) electrons. The highest BCUT2D eigenvalue weighted by Crippen LogP contribution is 2.29. The van der Waals surface area contributed by atoms with E-state index in [1.54, 1.807) is 0 Å². The maximum Gasteiger partial charge on any atom is 0.157 e. The standard InChI is InChI=1S/C22H25N5O/c1-16-13-21(26-10-8-25(9-11-26)15-17-5-4-12-28-17)27-20-7-3-2-6-19(20)24-22(27)18(16)14-23/h2-3,6-7,13,17H,4-5,8-12,15H2,1H3. The summed E-state index contributed by atoms with van der Waals surface area (Å²) < 4.78 is 7.97.